The SMILES string of the molecule is CC(C)(C)c1ccc2c(c1)B1c3cc(C(C)(C)C)cc4c3N(c3cc(N5c6ccc(C(C)(C)C)cc6C6(C)CCCCC56C)cc(c31)N2c1ccc(C(C)(C)C)cc1-c1ccc2ccccc2c1)C1(C)CCCCC41C. The summed E-state index contributed by atoms with van der Waals surface area (Å²) in [5.41, 5.74) is 24.8. The second-order valence-electron chi connectivity index (χ2n) is 29.7. The Bertz CT molecular complexity index is 3590. The Kier molecular flexibility index (Phi) is 10.5. The van der Waals surface area contributed by atoms with Crippen molar-refractivity contribution in [2.45, 2.75) is 206 Å². The average Bonchev–Trinajstić information content (AvgIpc) is 3.87. The zero-order chi connectivity index (χ0) is 53.7. The summed E-state index contributed by atoms with van der Waals surface area (Å²) in [7, 11) is 0. The molecular formula is C72H84BN3. The Labute approximate surface area is 457 Å². The van der Waals surface area contributed by atoms with Crippen LogP contribution in [0.25, 0.3) is 21.9 Å². The van der Waals surface area contributed by atoms with Crippen molar-refractivity contribution >= 4 is 73.7 Å². The van der Waals surface area contributed by atoms with E-state index in [0.29, 0.717) is 0 Å². The molecule has 6 aliphatic rings. The molecule has 4 unspecified atom stereocenters. The molecule has 2 aliphatic carbocycles. The summed E-state index contributed by atoms with van der Waals surface area (Å²) in [6, 6.07) is 49.6. The van der Waals surface area contributed by atoms with Crippen molar-refractivity contribution in [2.24, 2.45) is 0 Å². The van der Waals surface area contributed by atoms with E-state index < -0.39 is 0 Å². The van der Waals surface area contributed by atoms with E-state index in [0.717, 1.165) is 6.42 Å². The van der Waals surface area contributed by atoms with E-state index >= 15 is 0 Å². The van der Waals surface area contributed by atoms with E-state index in [4.69, 9.17) is 0 Å². The van der Waals surface area contributed by atoms with E-state index in [-0.39, 0.29) is 50.3 Å². The maximum absolute atomic E-state index is 2.98. The number of hydrogen-bond donors (Lipinski definition) is 0. The molecule has 0 bridgehead atoms. The fourth-order valence-corrected chi connectivity index (χ4v) is 16.0. The first kappa shape index (κ1) is 49.8. The van der Waals surface area contributed by atoms with E-state index in [1.54, 1.807) is 5.56 Å². The number of nitrogens with zero attached hydrogens (tertiary/aromatic N) is 3. The fourth-order valence-electron chi connectivity index (χ4n) is 16.0. The van der Waals surface area contributed by atoms with Crippen molar-refractivity contribution in [1.82, 2.24) is 0 Å². The minimum absolute atomic E-state index is 0.0100. The molecule has 2 fully saturated rings. The van der Waals surface area contributed by atoms with Crippen molar-refractivity contribution in [1.29, 1.82) is 0 Å². The fraction of sp³-hybridized carbons (Fsp3) is 0.444. The highest BCUT2D eigenvalue weighted by Gasteiger charge is 2.63. The maximum atomic E-state index is 2.98. The Hall–Kier alpha value is -5.74. The topological polar surface area (TPSA) is 9.72 Å². The lowest BCUT2D eigenvalue weighted by molar-refractivity contribution is 0.194. The first-order valence-corrected chi connectivity index (χ1v) is 29.4. The molecule has 7 aromatic rings. The summed E-state index contributed by atoms with van der Waals surface area (Å²) >= 11 is 0. The highest BCUT2D eigenvalue weighted by atomic mass is 15.3. The van der Waals surface area contributed by atoms with Crippen molar-refractivity contribution in [2.75, 3.05) is 14.7 Å². The molecule has 4 heterocycles. The molecule has 0 radical (unpaired) electrons. The normalized spacial score (nSPS) is 24.5. The highest BCUT2D eigenvalue weighted by molar-refractivity contribution is 7.00. The largest absolute Gasteiger partial charge is 0.335 e. The van der Waals surface area contributed by atoms with Crippen LogP contribution >= 0.6 is 0 Å². The van der Waals surface area contributed by atoms with Gasteiger partial charge in [0.2, 0.25) is 0 Å². The van der Waals surface area contributed by atoms with Crippen LogP contribution in [-0.4, -0.2) is 17.8 Å². The molecule has 4 atom stereocenters. The number of rotatable bonds is 3. The minimum atomic E-state index is -0.123. The van der Waals surface area contributed by atoms with Gasteiger partial charge in [-0.3, -0.25) is 0 Å². The zero-order valence-electron chi connectivity index (χ0n) is 49.1. The standard InChI is InChI=1S/C72H84BN3/c1-65(2,3)48-27-30-58(53(38-48)47-26-25-45-23-17-18-24-46(45)37-47)74-60-32-29-50(67(7,8)9)41-56(60)73-57-42-51(68(10,11)12)40-55-64(57)76(72(16)36-22-20-34-70(55,72)14)62-44-52(43-61(74)63(62)73)75-59-31-28-49(66(4,5)6)39-54(59)69(13)33-19-21-35-71(69,75)15/h17-18,23-32,37-44H,19-22,33-36H2,1-16H3. The van der Waals surface area contributed by atoms with Crippen LogP contribution in [0.15, 0.2) is 121 Å². The van der Waals surface area contributed by atoms with Crippen LogP contribution in [0.1, 0.15) is 196 Å². The van der Waals surface area contributed by atoms with Gasteiger partial charge in [0.05, 0.1) is 16.8 Å². The number of hydrogen-bond acceptors (Lipinski definition) is 3. The summed E-state index contributed by atoms with van der Waals surface area (Å²) in [5.74, 6) is 0. The van der Waals surface area contributed by atoms with Gasteiger partial charge in [0.15, 0.2) is 0 Å². The molecule has 0 saturated heterocycles. The van der Waals surface area contributed by atoms with Gasteiger partial charge in [-0.15, -0.1) is 0 Å². The number of anilines is 7. The van der Waals surface area contributed by atoms with Crippen LogP contribution < -0.4 is 31.1 Å². The lowest BCUT2D eigenvalue weighted by Crippen LogP contribution is -2.65. The van der Waals surface area contributed by atoms with Gasteiger partial charge < -0.3 is 14.7 Å². The van der Waals surface area contributed by atoms with E-state index in [2.05, 4.69) is 247 Å². The zero-order valence-corrected chi connectivity index (χ0v) is 49.1. The van der Waals surface area contributed by atoms with Crippen molar-refractivity contribution in [3.8, 4) is 11.1 Å². The smallest absolute Gasteiger partial charge is 0.252 e. The lowest BCUT2D eigenvalue weighted by Gasteiger charge is -2.54. The predicted molar refractivity (Wildman–Crippen MR) is 329 cm³/mol. The highest BCUT2D eigenvalue weighted by Crippen LogP contribution is 2.65. The Morgan fingerprint density at radius 3 is 1.57 bits per heavy atom. The molecule has 3 nitrogen and oxygen atoms in total. The summed E-state index contributed by atoms with van der Waals surface area (Å²) in [4.78, 5) is 8.63. The van der Waals surface area contributed by atoms with Crippen molar-refractivity contribution < 1.29 is 0 Å². The number of fused-ring (bicyclic) bond motifs is 11. The van der Waals surface area contributed by atoms with Gasteiger partial charge in [0, 0.05) is 50.5 Å². The summed E-state index contributed by atoms with van der Waals surface area (Å²) < 4.78 is 0. The molecule has 4 heteroatoms. The first-order valence-electron chi connectivity index (χ1n) is 29.4. The van der Waals surface area contributed by atoms with Gasteiger partial charge in [-0.05, 0) is 170 Å². The van der Waals surface area contributed by atoms with Crippen LogP contribution in [0.5, 0.6) is 0 Å². The third kappa shape index (κ3) is 6.79. The quantitative estimate of drug-likeness (QED) is 0.163. The van der Waals surface area contributed by atoms with Crippen LogP contribution in [0, 0.1) is 0 Å². The number of benzene rings is 7. The van der Waals surface area contributed by atoms with Gasteiger partial charge >= 0.3 is 0 Å². The summed E-state index contributed by atoms with van der Waals surface area (Å²) in [5, 5.41) is 2.54. The molecule has 13 rings (SSSR count). The second kappa shape index (κ2) is 15.9. The third-order valence-electron chi connectivity index (χ3n) is 21.1. The minimum Gasteiger partial charge on any atom is -0.335 e. The van der Waals surface area contributed by atoms with Crippen LogP contribution in [0.4, 0.5) is 39.8 Å². The molecule has 7 aromatic carbocycles. The molecule has 0 N–H and O–H groups in total. The third-order valence-corrected chi connectivity index (χ3v) is 21.1. The molecule has 0 aromatic heterocycles. The van der Waals surface area contributed by atoms with Gasteiger partial charge in [-0.25, -0.2) is 0 Å². The Morgan fingerprint density at radius 1 is 0.408 bits per heavy atom. The summed E-state index contributed by atoms with van der Waals surface area (Å²) in [6.07, 6.45) is 9.73. The predicted octanol–water partition coefficient (Wildman–Crippen LogP) is 17.8. The van der Waals surface area contributed by atoms with Gasteiger partial charge in [-0.2, -0.15) is 0 Å². The van der Waals surface area contributed by atoms with Crippen LogP contribution in [0.3, 0.4) is 0 Å². The average molecular weight is 1000 g/mol. The molecule has 76 heavy (non-hydrogen) atoms. The molecule has 0 spiro atoms. The van der Waals surface area contributed by atoms with Gasteiger partial charge in [0.1, 0.15) is 0 Å². The van der Waals surface area contributed by atoms with Crippen molar-refractivity contribution in [3.05, 3.63) is 155 Å². The molecular weight excluding hydrogens is 918 g/mol. The molecule has 4 aliphatic heterocycles. The first-order chi connectivity index (χ1) is 35.7. The molecule has 0 amide bonds. The van der Waals surface area contributed by atoms with E-state index in [9.17, 15) is 0 Å². The molecule has 390 valence electrons. The van der Waals surface area contributed by atoms with Crippen LogP contribution in [0.2, 0.25) is 0 Å². The lowest BCUT2D eigenvalue weighted by atomic mass is 9.33. The van der Waals surface area contributed by atoms with Gasteiger partial charge in [0.25, 0.3) is 6.71 Å². The Balaban J connectivity index is 1.19. The Morgan fingerprint density at radius 2 is 0.921 bits per heavy atom. The monoisotopic (exact) mass is 1000 g/mol. The summed E-state index contributed by atoms with van der Waals surface area (Å²) in [6.45, 7) is 39.4. The van der Waals surface area contributed by atoms with Gasteiger partial charge in [-0.1, -0.05) is 201 Å². The van der Waals surface area contributed by atoms with E-state index in [1.165, 1.54) is 151 Å². The van der Waals surface area contributed by atoms with Crippen molar-refractivity contribution in [3.63, 3.8) is 0 Å². The molecule has 2 saturated carbocycles. The second-order valence-corrected chi connectivity index (χ2v) is 29.7. The van der Waals surface area contributed by atoms with Crippen LogP contribution in [-0.2, 0) is 32.5 Å². The van der Waals surface area contributed by atoms with E-state index in [1.807, 2.05) is 0 Å². The maximum Gasteiger partial charge on any atom is 0.252 e.